The van der Waals surface area contributed by atoms with Gasteiger partial charge in [-0.05, 0) is 49.6 Å². The molecule has 0 amide bonds. The second kappa shape index (κ2) is 5.91. The molecule has 2 aromatic carbocycles. The minimum atomic E-state index is 0.999. The maximum absolute atomic E-state index is 4.51. The van der Waals surface area contributed by atoms with Crippen LogP contribution in [0.15, 0.2) is 53.5 Å². The Bertz CT molecular complexity index is 576. The lowest BCUT2D eigenvalue weighted by atomic mass is 10.2. The number of anilines is 1. The van der Waals surface area contributed by atoms with Crippen molar-refractivity contribution in [1.29, 1.82) is 0 Å². The van der Waals surface area contributed by atoms with Crippen LogP contribution in [0.3, 0.4) is 0 Å². The van der Waals surface area contributed by atoms with Gasteiger partial charge in [0.2, 0.25) is 0 Å². The van der Waals surface area contributed by atoms with Gasteiger partial charge in [0.05, 0.1) is 5.69 Å². The van der Waals surface area contributed by atoms with Crippen molar-refractivity contribution in [2.45, 2.75) is 19.8 Å². The van der Waals surface area contributed by atoms with Crippen LogP contribution in [0.25, 0.3) is 0 Å². The van der Waals surface area contributed by atoms with Gasteiger partial charge in [-0.3, -0.25) is 4.99 Å². The summed E-state index contributed by atoms with van der Waals surface area (Å²) in [6.07, 6.45) is 4.56. The van der Waals surface area contributed by atoms with E-state index in [9.17, 15) is 0 Å². The highest BCUT2D eigenvalue weighted by Crippen LogP contribution is 2.20. The van der Waals surface area contributed by atoms with E-state index in [2.05, 4.69) is 53.2 Å². The van der Waals surface area contributed by atoms with Gasteiger partial charge in [0, 0.05) is 25.0 Å². The summed E-state index contributed by atoms with van der Waals surface area (Å²) in [4.78, 5) is 6.95. The first-order valence-electron chi connectivity index (χ1n) is 7.27. The molecule has 2 heteroatoms. The van der Waals surface area contributed by atoms with Crippen molar-refractivity contribution >= 4 is 17.6 Å². The Morgan fingerprint density at radius 2 is 1.55 bits per heavy atom. The van der Waals surface area contributed by atoms with Crippen LogP contribution in [-0.2, 0) is 0 Å². The van der Waals surface area contributed by atoms with Crippen molar-refractivity contribution < 1.29 is 0 Å². The van der Waals surface area contributed by atoms with E-state index < -0.39 is 0 Å². The fraction of sp³-hybridized carbons (Fsp3) is 0.278. The van der Waals surface area contributed by atoms with Crippen molar-refractivity contribution in [3.63, 3.8) is 0 Å². The highest BCUT2D eigenvalue weighted by atomic mass is 15.1. The number of aliphatic imine (C=N–C) groups is 1. The number of hydrogen-bond donors (Lipinski definition) is 0. The molecule has 0 aliphatic carbocycles. The van der Waals surface area contributed by atoms with Gasteiger partial charge in [0.15, 0.2) is 0 Å². The summed E-state index contributed by atoms with van der Waals surface area (Å²) in [5.41, 5.74) is 4.74. The summed E-state index contributed by atoms with van der Waals surface area (Å²) >= 11 is 0. The van der Waals surface area contributed by atoms with Gasteiger partial charge >= 0.3 is 0 Å². The first-order valence-corrected chi connectivity index (χ1v) is 7.27. The maximum atomic E-state index is 4.51. The quantitative estimate of drug-likeness (QED) is 0.753. The molecule has 1 aliphatic rings. The number of rotatable bonds is 3. The number of nitrogens with zero attached hydrogens (tertiary/aromatic N) is 2. The van der Waals surface area contributed by atoms with Gasteiger partial charge in [0.25, 0.3) is 0 Å². The largest absolute Gasteiger partial charge is 0.372 e. The van der Waals surface area contributed by atoms with Crippen LogP contribution in [0.4, 0.5) is 11.4 Å². The molecule has 1 saturated heterocycles. The molecule has 0 saturated carbocycles. The van der Waals surface area contributed by atoms with E-state index in [1.807, 2.05) is 18.3 Å². The van der Waals surface area contributed by atoms with Gasteiger partial charge in [-0.2, -0.15) is 0 Å². The first kappa shape index (κ1) is 12.9. The van der Waals surface area contributed by atoms with Gasteiger partial charge in [0.1, 0.15) is 0 Å². The second-order valence-electron chi connectivity index (χ2n) is 5.38. The van der Waals surface area contributed by atoms with E-state index in [0.717, 1.165) is 11.3 Å². The van der Waals surface area contributed by atoms with Gasteiger partial charge in [-0.1, -0.05) is 29.8 Å². The summed E-state index contributed by atoms with van der Waals surface area (Å²) in [5, 5.41) is 0. The summed E-state index contributed by atoms with van der Waals surface area (Å²) < 4.78 is 0. The molecule has 0 unspecified atom stereocenters. The number of aryl methyl sites for hydroxylation is 1. The minimum Gasteiger partial charge on any atom is -0.372 e. The molecule has 2 nitrogen and oxygen atoms in total. The highest BCUT2D eigenvalue weighted by molar-refractivity contribution is 5.82. The van der Waals surface area contributed by atoms with Crippen molar-refractivity contribution in [3.8, 4) is 0 Å². The Morgan fingerprint density at radius 1 is 0.900 bits per heavy atom. The third kappa shape index (κ3) is 3.08. The summed E-state index contributed by atoms with van der Waals surface area (Å²) in [7, 11) is 0. The van der Waals surface area contributed by atoms with Gasteiger partial charge in [-0.15, -0.1) is 0 Å². The van der Waals surface area contributed by atoms with Crippen LogP contribution < -0.4 is 4.90 Å². The normalized spacial score (nSPS) is 15.2. The summed E-state index contributed by atoms with van der Waals surface area (Å²) in [6, 6.07) is 16.9. The van der Waals surface area contributed by atoms with Crippen molar-refractivity contribution in [3.05, 3.63) is 59.7 Å². The van der Waals surface area contributed by atoms with Crippen LogP contribution in [0.5, 0.6) is 0 Å². The lowest BCUT2D eigenvalue weighted by Crippen LogP contribution is -2.17. The number of benzene rings is 2. The average molecular weight is 264 g/mol. The van der Waals surface area contributed by atoms with Crippen LogP contribution in [0, 0.1) is 6.92 Å². The van der Waals surface area contributed by atoms with E-state index in [4.69, 9.17) is 0 Å². The molecule has 0 aromatic heterocycles. The van der Waals surface area contributed by atoms with E-state index in [1.54, 1.807) is 0 Å². The molecule has 2 aromatic rings. The fourth-order valence-corrected chi connectivity index (χ4v) is 2.53. The third-order valence-corrected chi connectivity index (χ3v) is 3.76. The molecular formula is C18H20N2. The third-order valence-electron chi connectivity index (χ3n) is 3.76. The Hall–Kier alpha value is -2.09. The SMILES string of the molecule is Cc1ccc(N=Cc2ccc(N3CCCC3)cc2)cc1. The van der Waals surface area contributed by atoms with E-state index in [0.29, 0.717) is 0 Å². The second-order valence-corrected chi connectivity index (χ2v) is 5.38. The minimum absolute atomic E-state index is 0.999. The number of hydrogen-bond acceptors (Lipinski definition) is 2. The summed E-state index contributed by atoms with van der Waals surface area (Å²) in [5.74, 6) is 0. The molecule has 0 atom stereocenters. The maximum Gasteiger partial charge on any atom is 0.0630 e. The van der Waals surface area contributed by atoms with Crippen molar-refractivity contribution in [1.82, 2.24) is 0 Å². The lowest BCUT2D eigenvalue weighted by Gasteiger charge is -2.17. The van der Waals surface area contributed by atoms with Crippen LogP contribution >= 0.6 is 0 Å². The Balaban J connectivity index is 1.69. The topological polar surface area (TPSA) is 15.6 Å². The smallest absolute Gasteiger partial charge is 0.0630 e. The predicted molar refractivity (Wildman–Crippen MR) is 86.3 cm³/mol. The monoisotopic (exact) mass is 264 g/mol. The van der Waals surface area contributed by atoms with Crippen molar-refractivity contribution in [2.24, 2.45) is 4.99 Å². The molecule has 0 radical (unpaired) electrons. The molecule has 0 N–H and O–H groups in total. The van der Waals surface area contributed by atoms with Crippen LogP contribution in [-0.4, -0.2) is 19.3 Å². The Kier molecular flexibility index (Phi) is 3.82. The highest BCUT2D eigenvalue weighted by Gasteiger charge is 2.11. The zero-order valence-electron chi connectivity index (χ0n) is 11.9. The molecule has 1 aliphatic heterocycles. The van der Waals surface area contributed by atoms with Crippen LogP contribution in [0.2, 0.25) is 0 Å². The first-order chi connectivity index (χ1) is 9.81. The zero-order chi connectivity index (χ0) is 13.8. The van der Waals surface area contributed by atoms with Crippen LogP contribution in [0.1, 0.15) is 24.0 Å². The Morgan fingerprint density at radius 3 is 2.20 bits per heavy atom. The van der Waals surface area contributed by atoms with Gasteiger partial charge < -0.3 is 4.90 Å². The molecular weight excluding hydrogens is 244 g/mol. The Labute approximate surface area is 120 Å². The van der Waals surface area contributed by atoms with Crippen molar-refractivity contribution in [2.75, 3.05) is 18.0 Å². The molecule has 20 heavy (non-hydrogen) atoms. The van der Waals surface area contributed by atoms with Gasteiger partial charge in [-0.25, -0.2) is 0 Å². The van der Waals surface area contributed by atoms with E-state index in [1.165, 1.54) is 37.2 Å². The zero-order valence-corrected chi connectivity index (χ0v) is 11.9. The average Bonchev–Trinajstić information content (AvgIpc) is 3.01. The molecule has 1 heterocycles. The molecule has 3 rings (SSSR count). The summed E-state index contributed by atoms with van der Waals surface area (Å²) in [6.45, 7) is 4.47. The molecule has 1 fully saturated rings. The molecule has 102 valence electrons. The standard InChI is InChI=1S/C18H20N2/c1-15-4-8-17(9-5-15)19-14-16-6-10-18(11-7-16)20-12-2-3-13-20/h4-11,14H,2-3,12-13H2,1H3. The molecule has 0 spiro atoms. The van der Waals surface area contributed by atoms with E-state index in [-0.39, 0.29) is 0 Å². The fourth-order valence-electron chi connectivity index (χ4n) is 2.53. The molecule has 0 bridgehead atoms. The predicted octanol–water partition coefficient (Wildman–Crippen LogP) is 4.35. The lowest BCUT2D eigenvalue weighted by molar-refractivity contribution is 0.949. The van der Waals surface area contributed by atoms with E-state index >= 15 is 0 Å².